The second kappa shape index (κ2) is 62.2. The van der Waals surface area contributed by atoms with Crippen LogP contribution in [0.3, 0.4) is 0 Å². The van der Waals surface area contributed by atoms with Crippen LogP contribution in [0.4, 0.5) is 0 Å². The van der Waals surface area contributed by atoms with E-state index in [0.717, 1.165) is 161 Å². The van der Waals surface area contributed by atoms with Gasteiger partial charge in [0.2, 0.25) is 0 Å². The molecule has 0 saturated carbocycles. The van der Waals surface area contributed by atoms with Crippen molar-refractivity contribution in [1.82, 2.24) is 0 Å². The molecule has 0 aromatic heterocycles. The summed E-state index contributed by atoms with van der Waals surface area (Å²) in [6, 6.07) is 0. The third-order valence-electron chi connectivity index (χ3n) is 13.1. The van der Waals surface area contributed by atoms with E-state index in [1.54, 1.807) is 0 Å². The first-order chi connectivity index (χ1) is 42.2. The highest BCUT2D eigenvalue weighted by Crippen LogP contribution is 2.45. The van der Waals surface area contributed by atoms with Gasteiger partial charge in [0, 0.05) is 19.3 Å². The Morgan fingerprint density at radius 2 is 0.632 bits per heavy atom. The molecule has 0 aliphatic rings. The Bertz CT molecular complexity index is 2070. The number of aliphatic hydroxyl groups is 2. The molecule has 0 bridgehead atoms. The molecule has 0 saturated heterocycles. The Balaban J connectivity index is 4.72. The third kappa shape index (κ3) is 63.3. The van der Waals surface area contributed by atoms with Crippen LogP contribution in [0.1, 0.15) is 239 Å². The van der Waals surface area contributed by atoms with E-state index in [-0.39, 0.29) is 19.3 Å². The molecule has 498 valence electrons. The number of esters is 3. The van der Waals surface area contributed by atoms with Crippen molar-refractivity contribution >= 4 is 33.6 Å². The van der Waals surface area contributed by atoms with E-state index in [1.807, 2.05) is 0 Å². The van der Waals surface area contributed by atoms with E-state index < -0.39 is 91.5 Å². The lowest BCUT2D eigenvalue weighted by molar-refractivity contribution is -0.161. The molecule has 87 heavy (non-hydrogen) atoms. The van der Waals surface area contributed by atoms with Gasteiger partial charge in [0.25, 0.3) is 0 Å². The van der Waals surface area contributed by atoms with Gasteiger partial charge in [-0.3, -0.25) is 32.5 Å². The first-order valence-electron chi connectivity index (χ1n) is 32.8. The number of hydrogen-bond acceptors (Lipinski definition) is 14. The highest BCUT2D eigenvalue weighted by Gasteiger charge is 2.29. The van der Waals surface area contributed by atoms with Crippen molar-refractivity contribution in [2.75, 3.05) is 39.6 Å². The normalized spacial score (nSPS) is 15.1. The topological polar surface area (TPSA) is 231 Å². The van der Waals surface area contributed by atoms with Crippen LogP contribution in [0.25, 0.3) is 0 Å². The second-order valence-electron chi connectivity index (χ2n) is 21.5. The smallest absolute Gasteiger partial charge is 0.463 e. The van der Waals surface area contributed by atoms with Crippen LogP contribution in [-0.4, -0.2) is 95.9 Å². The van der Waals surface area contributed by atoms with Crippen molar-refractivity contribution in [3.05, 3.63) is 122 Å². The predicted octanol–water partition coefficient (Wildman–Crippen LogP) is 17.9. The van der Waals surface area contributed by atoms with Gasteiger partial charge < -0.3 is 34.2 Å². The number of carbonyl (C=O) groups is 3. The average Bonchev–Trinajstić information content (AvgIpc) is 3.63. The molecule has 0 fully saturated rings. The van der Waals surface area contributed by atoms with E-state index in [0.29, 0.717) is 19.3 Å². The van der Waals surface area contributed by atoms with Crippen LogP contribution in [0.5, 0.6) is 0 Å². The second-order valence-corrected chi connectivity index (χ2v) is 24.4. The molecule has 0 radical (unpaired) electrons. The molecule has 0 rings (SSSR count). The number of phosphoric ester groups is 2. The highest BCUT2D eigenvalue weighted by atomic mass is 31.2. The molecule has 18 heteroatoms. The monoisotopic (exact) mass is 1260 g/mol. The minimum atomic E-state index is -4.93. The fourth-order valence-corrected chi connectivity index (χ4v) is 9.69. The number of aliphatic hydroxyl groups excluding tert-OH is 2. The Morgan fingerprint density at radius 1 is 0.333 bits per heavy atom. The standard InChI is InChI=1S/C69H116O16P2/c1-4-7-10-13-16-19-22-25-27-29-31-33-35-38-40-43-46-49-52-55-67(72)79-58-64(70)59-81-86(75,76)82-60-65(71)61-83-87(77,78)84-63-66(85-69(74)57-54-51-48-45-42-37-24-21-18-15-12-9-6-3)62-80-68(73)56-53-50-47-44-41-39-36-34-32-30-28-26-23-20-17-14-11-8-5-2/h7,10,12,15-17,19-21,24-28,31-34,38,40,64-66,70-71H,4-6,8-9,11,13-14,18,22-23,29-30,35-37,39,41-63H2,1-3H3,(H,75,76)(H,77,78)/b10-7-,15-12-,19-16-,20-17-,24-21-,27-25-,28-26-,33-31-,34-32-,40-38-. The SMILES string of the molecule is CC/C=C\C/C=C\C/C=C\C/C=C\C/C=C\CCCCCC(=O)OCC(O)COP(=O)(O)OCC(O)COP(=O)(O)OCC(COC(=O)CCCCCCCC/C=C\C/C=C\C/C=C\CCCCC)OC(=O)CCCCCCC/C=C\C/C=C\CCC. The number of carbonyl (C=O) groups excluding carboxylic acids is 3. The lowest BCUT2D eigenvalue weighted by atomic mass is 10.1. The minimum Gasteiger partial charge on any atom is -0.463 e. The first kappa shape index (κ1) is 83.0. The van der Waals surface area contributed by atoms with Crippen molar-refractivity contribution in [2.24, 2.45) is 0 Å². The van der Waals surface area contributed by atoms with Gasteiger partial charge in [-0.2, -0.15) is 0 Å². The zero-order valence-electron chi connectivity index (χ0n) is 53.6. The number of ether oxygens (including phenoxy) is 3. The Kier molecular flexibility index (Phi) is 59.3. The molecule has 4 N–H and O–H groups in total. The largest absolute Gasteiger partial charge is 0.472 e. The third-order valence-corrected chi connectivity index (χ3v) is 15.0. The molecular weight excluding hydrogens is 1150 g/mol. The van der Waals surface area contributed by atoms with Gasteiger partial charge in [-0.25, -0.2) is 9.13 Å². The van der Waals surface area contributed by atoms with E-state index in [1.165, 1.54) is 19.3 Å². The summed E-state index contributed by atoms with van der Waals surface area (Å²) >= 11 is 0. The van der Waals surface area contributed by atoms with Crippen LogP contribution < -0.4 is 0 Å². The molecule has 16 nitrogen and oxygen atoms in total. The van der Waals surface area contributed by atoms with Crippen molar-refractivity contribution in [3.8, 4) is 0 Å². The fourth-order valence-electron chi connectivity index (χ4n) is 8.11. The number of hydrogen-bond donors (Lipinski definition) is 4. The maximum atomic E-state index is 12.9. The zero-order valence-corrected chi connectivity index (χ0v) is 55.4. The van der Waals surface area contributed by atoms with Gasteiger partial charge >= 0.3 is 33.6 Å². The van der Waals surface area contributed by atoms with Crippen molar-refractivity contribution < 1.29 is 75.8 Å². The summed E-state index contributed by atoms with van der Waals surface area (Å²) in [5.41, 5.74) is 0. The molecule has 0 amide bonds. The summed E-state index contributed by atoms with van der Waals surface area (Å²) in [5, 5.41) is 20.5. The van der Waals surface area contributed by atoms with Crippen molar-refractivity contribution in [2.45, 2.75) is 257 Å². The predicted molar refractivity (Wildman–Crippen MR) is 353 cm³/mol. The molecular formula is C69H116O16P2. The summed E-state index contributed by atoms with van der Waals surface area (Å²) in [5.74, 6) is -1.64. The van der Waals surface area contributed by atoms with Gasteiger partial charge in [0.1, 0.15) is 25.4 Å². The molecule has 0 aromatic rings. The lowest BCUT2D eigenvalue weighted by Gasteiger charge is -2.21. The zero-order chi connectivity index (χ0) is 63.8. The van der Waals surface area contributed by atoms with Crippen LogP contribution in [0, 0.1) is 0 Å². The van der Waals surface area contributed by atoms with Crippen LogP contribution in [-0.2, 0) is 55.8 Å². The Morgan fingerprint density at radius 3 is 1.02 bits per heavy atom. The Labute approximate surface area is 525 Å². The highest BCUT2D eigenvalue weighted by molar-refractivity contribution is 7.47. The fraction of sp³-hybridized carbons (Fsp3) is 0.667. The quantitative estimate of drug-likeness (QED) is 0.0146. The Hall–Kier alpha value is -4.05. The summed E-state index contributed by atoms with van der Waals surface area (Å²) in [7, 11) is -9.79. The number of unbranched alkanes of at least 4 members (excludes halogenated alkanes) is 18. The van der Waals surface area contributed by atoms with E-state index in [9.17, 15) is 43.5 Å². The maximum absolute atomic E-state index is 12.9. The molecule has 0 spiro atoms. The van der Waals surface area contributed by atoms with Crippen molar-refractivity contribution in [3.63, 3.8) is 0 Å². The van der Waals surface area contributed by atoms with Crippen molar-refractivity contribution in [1.29, 1.82) is 0 Å². The van der Waals surface area contributed by atoms with Gasteiger partial charge in [0.05, 0.1) is 26.4 Å². The molecule has 5 unspecified atom stereocenters. The van der Waals surface area contributed by atoms with Crippen LogP contribution in [0.15, 0.2) is 122 Å². The summed E-state index contributed by atoms with van der Waals surface area (Å²) in [4.78, 5) is 58.3. The van der Waals surface area contributed by atoms with Gasteiger partial charge in [-0.05, 0) is 128 Å². The average molecular weight is 1260 g/mol. The minimum absolute atomic E-state index is 0.0814. The van der Waals surface area contributed by atoms with E-state index in [2.05, 4.69) is 142 Å². The first-order valence-corrected chi connectivity index (χ1v) is 35.8. The van der Waals surface area contributed by atoms with Gasteiger partial charge in [-0.1, -0.05) is 213 Å². The number of rotatable bonds is 61. The molecule has 5 atom stereocenters. The number of allylic oxidation sites excluding steroid dienone is 20. The summed E-state index contributed by atoms with van der Waals surface area (Å²) in [6.45, 7) is 2.36. The van der Waals surface area contributed by atoms with Crippen LogP contribution >= 0.6 is 15.6 Å². The summed E-state index contributed by atoms with van der Waals surface area (Å²) < 4.78 is 60.7. The van der Waals surface area contributed by atoms with Crippen LogP contribution in [0.2, 0.25) is 0 Å². The molecule has 0 aromatic carbocycles. The maximum Gasteiger partial charge on any atom is 0.472 e. The summed E-state index contributed by atoms with van der Waals surface area (Å²) in [6.07, 6.45) is 69.7. The molecule has 0 aliphatic carbocycles. The lowest BCUT2D eigenvalue weighted by Crippen LogP contribution is -2.30. The van der Waals surface area contributed by atoms with Gasteiger partial charge in [0.15, 0.2) is 6.10 Å². The molecule has 0 heterocycles. The van der Waals surface area contributed by atoms with E-state index in [4.69, 9.17) is 32.3 Å². The van der Waals surface area contributed by atoms with E-state index >= 15 is 0 Å². The van der Waals surface area contributed by atoms with Gasteiger partial charge in [-0.15, -0.1) is 0 Å². The molecule has 0 aliphatic heterocycles. The number of phosphoric acid groups is 2.